The highest BCUT2D eigenvalue weighted by Gasteiger charge is 2.54. The molecule has 17 unspecified atom stereocenters. The molecule has 0 bridgehead atoms. The summed E-state index contributed by atoms with van der Waals surface area (Å²) in [6.45, 7) is 1.78. The number of allylic oxidation sites excluding steroid dienone is 5. The third-order valence-electron chi connectivity index (χ3n) is 21.9. The van der Waals surface area contributed by atoms with Crippen LogP contribution in [0.2, 0.25) is 0 Å². The van der Waals surface area contributed by atoms with Crippen molar-refractivity contribution >= 4 is 5.91 Å². The molecule has 3 rings (SSSR count). The van der Waals surface area contributed by atoms with Gasteiger partial charge in [-0.15, -0.1) is 0 Å². The van der Waals surface area contributed by atoms with Crippen LogP contribution in [0.1, 0.15) is 373 Å². The molecule has 3 saturated heterocycles. The molecule has 17 atom stereocenters. The largest absolute Gasteiger partial charge is 0.394 e. The van der Waals surface area contributed by atoms with E-state index in [1.165, 1.54) is 302 Å². The molecule has 1 amide bonds. The fourth-order valence-corrected chi connectivity index (χ4v) is 14.9. The van der Waals surface area contributed by atoms with Gasteiger partial charge in [-0.1, -0.05) is 346 Å². The minimum atomic E-state index is -1.98. The Hall–Kier alpha value is -1.99. The summed E-state index contributed by atoms with van der Waals surface area (Å²) < 4.78 is 34.5. The van der Waals surface area contributed by atoms with Gasteiger partial charge in [0.15, 0.2) is 18.9 Å². The van der Waals surface area contributed by atoms with Gasteiger partial charge in [0.2, 0.25) is 5.91 Å². The van der Waals surface area contributed by atoms with Gasteiger partial charge in [0, 0.05) is 6.42 Å². The molecule has 3 aliphatic heterocycles. The lowest BCUT2D eigenvalue weighted by molar-refractivity contribution is -0.379. The fourth-order valence-electron chi connectivity index (χ4n) is 14.9. The molecule has 19 heteroatoms. The predicted molar refractivity (Wildman–Crippen MR) is 420 cm³/mol. The highest BCUT2D eigenvalue weighted by atomic mass is 16.8. The number of carbonyl (C=O) groups excluding carboxylic acids is 1. The van der Waals surface area contributed by atoms with Crippen LogP contribution in [0.3, 0.4) is 0 Å². The van der Waals surface area contributed by atoms with Gasteiger partial charge in [0.25, 0.3) is 0 Å². The molecule has 0 aromatic rings. The smallest absolute Gasteiger partial charge is 0.220 e. The second-order valence-corrected chi connectivity index (χ2v) is 31.3. The van der Waals surface area contributed by atoms with E-state index in [-0.39, 0.29) is 18.9 Å². The van der Waals surface area contributed by atoms with Crippen molar-refractivity contribution in [2.75, 3.05) is 26.4 Å². The van der Waals surface area contributed by atoms with Crippen LogP contribution in [-0.4, -0.2) is 193 Å². The predicted octanol–water partition coefficient (Wildman–Crippen LogP) is 15.9. The van der Waals surface area contributed by atoms with Crippen LogP contribution < -0.4 is 5.32 Å². The van der Waals surface area contributed by atoms with Crippen molar-refractivity contribution in [1.29, 1.82) is 0 Å². The summed E-state index contributed by atoms with van der Waals surface area (Å²) in [4.78, 5) is 13.5. The Balaban J connectivity index is 1.32. The first-order chi connectivity index (χ1) is 51.3. The Morgan fingerprint density at radius 3 is 0.952 bits per heavy atom. The zero-order valence-electron chi connectivity index (χ0n) is 66.5. The van der Waals surface area contributed by atoms with Crippen LogP contribution in [0, 0.1) is 0 Å². The monoisotopic (exact) mass is 1500 g/mol. The summed E-state index contributed by atoms with van der Waals surface area (Å²) >= 11 is 0. The van der Waals surface area contributed by atoms with Crippen molar-refractivity contribution in [2.24, 2.45) is 0 Å². The van der Waals surface area contributed by atoms with Crippen molar-refractivity contribution in [3.05, 3.63) is 36.5 Å². The molecule has 105 heavy (non-hydrogen) atoms. The molecule has 3 fully saturated rings. The van der Waals surface area contributed by atoms with Gasteiger partial charge in [-0.05, 0) is 57.8 Å². The molecule has 12 N–H and O–H groups in total. The molecule has 0 aromatic heterocycles. The second kappa shape index (κ2) is 66.6. The van der Waals surface area contributed by atoms with Crippen LogP contribution in [-0.2, 0) is 33.2 Å². The van der Waals surface area contributed by atoms with Crippen LogP contribution in [0.5, 0.6) is 0 Å². The van der Waals surface area contributed by atoms with Crippen molar-refractivity contribution < 1.29 is 89.4 Å². The number of hydrogen-bond donors (Lipinski definition) is 12. The van der Waals surface area contributed by atoms with Crippen LogP contribution >= 0.6 is 0 Å². The first-order valence-electron chi connectivity index (χ1n) is 43.7. The van der Waals surface area contributed by atoms with E-state index in [2.05, 4.69) is 43.5 Å². The second-order valence-electron chi connectivity index (χ2n) is 31.3. The first-order valence-corrected chi connectivity index (χ1v) is 43.7. The summed E-state index contributed by atoms with van der Waals surface area (Å²) in [5.41, 5.74) is 0. The lowest BCUT2D eigenvalue weighted by atomic mass is 9.96. The van der Waals surface area contributed by atoms with E-state index in [1.807, 2.05) is 6.08 Å². The van der Waals surface area contributed by atoms with E-state index in [0.717, 1.165) is 38.5 Å². The number of nitrogens with one attached hydrogen (secondary N) is 1. The summed E-state index contributed by atoms with van der Waals surface area (Å²) in [5.74, 6) is -0.277. The van der Waals surface area contributed by atoms with Crippen LogP contribution in [0.25, 0.3) is 0 Å². The van der Waals surface area contributed by atoms with Crippen molar-refractivity contribution in [2.45, 2.75) is 478 Å². The molecule has 0 radical (unpaired) electrons. The van der Waals surface area contributed by atoms with Gasteiger partial charge < -0.3 is 89.9 Å². The molecule has 3 aliphatic rings. The zero-order chi connectivity index (χ0) is 76.0. The van der Waals surface area contributed by atoms with Crippen molar-refractivity contribution in [1.82, 2.24) is 5.32 Å². The molecule has 0 saturated carbocycles. The van der Waals surface area contributed by atoms with E-state index >= 15 is 0 Å². The Bertz CT molecular complexity index is 2030. The van der Waals surface area contributed by atoms with Gasteiger partial charge in [-0.2, -0.15) is 0 Å². The third kappa shape index (κ3) is 46.0. The number of carbonyl (C=O) groups is 1. The van der Waals surface area contributed by atoms with E-state index in [0.29, 0.717) is 12.8 Å². The lowest BCUT2D eigenvalue weighted by Gasteiger charge is -2.48. The first kappa shape index (κ1) is 97.2. The number of aliphatic hydroxyl groups is 11. The maximum Gasteiger partial charge on any atom is 0.220 e. The Labute approximate surface area is 638 Å². The van der Waals surface area contributed by atoms with Gasteiger partial charge in [0.05, 0.1) is 38.6 Å². The van der Waals surface area contributed by atoms with Gasteiger partial charge in [-0.25, -0.2) is 0 Å². The topological polar surface area (TPSA) is 307 Å². The average molecular weight is 1500 g/mol. The fraction of sp³-hybridized carbons (Fsp3) is 0.919. The Morgan fingerprint density at radius 2 is 0.610 bits per heavy atom. The molecule has 618 valence electrons. The van der Waals surface area contributed by atoms with Crippen LogP contribution in [0.15, 0.2) is 36.5 Å². The molecule has 3 heterocycles. The van der Waals surface area contributed by atoms with Crippen LogP contribution in [0.4, 0.5) is 0 Å². The van der Waals surface area contributed by atoms with E-state index < -0.39 is 124 Å². The van der Waals surface area contributed by atoms with E-state index in [1.54, 1.807) is 6.08 Å². The Kier molecular flexibility index (Phi) is 61.7. The highest BCUT2D eigenvalue weighted by molar-refractivity contribution is 5.76. The summed E-state index contributed by atoms with van der Waals surface area (Å²) in [7, 11) is 0. The molecular formula is C86H161NO18. The third-order valence-corrected chi connectivity index (χ3v) is 21.9. The van der Waals surface area contributed by atoms with E-state index in [4.69, 9.17) is 28.4 Å². The molecule has 0 aliphatic carbocycles. The van der Waals surface area contributed by atoms with Crippen molar-refractivity contribution in [3.63, 3.8) is 0 Å². The summed E-state index contributed by atoms with van der Waals surface area (Å²) in [5, 5.41) is 121. The maximum absolute atomic E-state index is 13.5. The summed E-state index contributed by atoms with van der Waals surface area (Å²) in [6, 6.07) is -0.990. The standard InChI is InChI=1S/C86H161NO18/c1-3-5-7-9-11-13-15-17-19-21-23-25-27-28-29-30-31-32-33-34-35-36-37-38-39-40-42-44-46-48-50-52-54-56-58-60-62-64-74(92)87-69(70(91)63-61-59-57-55-53-51-49-47-45-43-41-26-24-22-20-18-16-14-12-10-8-6-4-2)68-100-84-80(98)77(95)82(72(66-89)102-84)105-86-81(99)78(96)83(73(67-90)103-86)104-85-79(97)76(94)75(93)71(65-88)101-85/h21,23,53,55,61,63,69-73,75-86,88-91,93-99H,3-20,22,24-52,54,56-60,62,64-68H2,1-2H3,(H,87,92)/b23-21-,55-53+,63-61+. The SMILES string of the molecule is CCCCCCCCCC/C=C\CCCCCCCCCCCCCCCCCCCCCCCCCCCC(=O)NC(COC1OC(CO)C(OC2OC(CO)C(OC3OC(CO)C(O)C(O)C3O)C(O)C2O)C(O)C1O)C(O)/C=C/CC/C=C/CCCCCCCCCCCCCCCCCCC. The number of hydrogen-bond acceptors (Lipinski definition) is 18. The van der Waals surface area contributed by atoms with Gasteiger partial charge in [-0.3, -0.25) is 4.79 Å². The van der Waals surface area contributed by atoms with Crippen molar-refractivity contribution in [3.8, 4) is 0 Å². The van der Waals surface area contributed by atoms with Gasteiger partial charge >= 0.3 is 0 Å². The highest BCUT2D eigenvalue weighted by Crippen LogP contribution is 2.33. The minimum absolute atomic E-state index is 0.240. The number of ether oxygens (including phenoxy) is 6. The molecule has 19 nitrogen and oxygen atoms in total. The average Bonchev–Trinajstić information content (AvgIpc) is 0.779. The Morgan fingerprint density at radius 1 is 0.333 bits per heavy atom. The number of amides is 1. The molecule has 0 spiro atoms. The normalized spacial score (nSPS) is 25.9. The van der Waals surface area contributed by atoms with Gasteiger partial charge in [0.1, 0.15) is 73.2 Å². The zero-order valence-corrected chi connectivity index (χ0v) is 66.5. The summed E-state index contributed by atoms with van der Waals surface area (Å²) in [6.07, 6.45) is 57.4. The maximum atomic E-state index is 13.5. The molecular weight excluding hydrogens is 1330 g/mol. The van der Waals surface area contributed by atoms with E-state index in [9.17, 15) is 61.0 Å². The number of rotatable bonds is 71. The quantitative estimate of drug-likeness (QED) is 0.0199. The minimum Gasteiger partial charge on any atom is -0.394 e. The molecule has 0 aromatic carbocycles. The lowest BCUT2D eigenvalue weighted by Crippen LogP contribution is -2.66. The number of unbranched alkanes of at least 4 members (excludes halogenated alkanes) is 51. The number of aliphatic hydroxyl groups excluding tert-OH is 11.